The maximum absolute atomic E-state index is 12.2. The molecule has 3 rings (SSSR count). The summed E-state index contributed by atoms with van der Waals surface area (Å²) < 4.78 is 0. The molecule has 0 amide bonds. The highest BCUT2D eigenvalue weighted by Gasteiger charge is 2.07. The fourth-order valence-electron chi connectivity index (χ4n) is 2.63. The molecule has 3 nitrogen and oxygen atoms in total. The first-order valence-corrected chi connectivity index (χ1v) is 7.54. The van der Waals surface area contributed by atoms with Crippen LogP contribution in [0.15, 0.2) is 59.4 Å². The van der Waals surface area contributed by atoms with Crippen molar-refractivity contribution in [2.75, 3.05) is 0 Å². The summed E-state index contributed by atoms with van der Waals surface area (Å²) in [5, 5.41) is 4.49. The molecule has 0 aliphatic carbocycles. The molecule has 0 fully saturated rings. The molecule has 0 saturated heterocycles. The molecule has 0 bridgehead atoms. The number of hydrogen-bond donors (Lipinski definition) is 2. The molecular formula is C19H20N2O. The third-order valence-electron chi connectivity index (χ3n) is 3.97. The number of aryl methyl sites for hydroxylation is 1. The first-order chi connectivity index (χ1) is 10.6. The molecular weight excluding hydrogens is 272 g/mol. The lowest BCUT2D eigenvalue weighted by atomic mass is 10.1. The van der Waals surface area contributed by atoms with E-state index in [4.69, 9.17) is 0 Å². The third kappa shape index (κ3) is 3.10. The van der Waals surface area contributed by atoms with Crippen LogP contribution >= 0.6 is 0 Å². The van der Waals surface area contributed by atoms with Crippen LogP contribution in [0.1, 0.15) is 29.7 Å². The molecule has 0 aliphatic rings. The quantitative estimate of drug-likeness (QED) is 0.770. The van der Waals surface area contributed by atoms with Crippen LogP contribution in [0.4, 0.5) is 0 Å². The predicted octanol–water partition coefficient (Wildman–Crippen LogP) is 3.69. The average Bonchev–Trinajstić information content (AvgIpc) is 2.54. The zero-order valence-electron chi connectivity index (χ0n) is 12.9. The van der Waals surface area contributed by atoms with Crippen molar-refractivity contribution >= 4 is 10.9 Å². The summed E-state index contributed by atoms with van der Waals surface area (Å²) in [6, 6.07) is 18.5. The number of nitrogens with one attached hydrogen (secondary N) is 2. The van der Waals surface area contributed by atoms with Gasteiger partial charge in [-0.2, -0.15) is 0 Å². The van der Waals surface area contributed by atoms with Crippen LogP contribution in [0, 0.1) is 6.92 Å². The van der Waals surface area contributed by atoms with E-state index < -0.39 is 0 Å². The number of H-pyrrole nitrogens is 1. The maximum atomic E-state index is 12.2. The minimum Gasteiger partial charge on any atom is -0.322 e. The van der Waals surface area contributed by atoms with Crippen molar-refractivity contribution in [2.45, 2.75) is 26.4 Å². The number of rotatable bonds is 4. The molecule has 1 heterocycles. The summed E-state index contributed by atoms with van der Waals surface area (Å²) in [6.45, 7) is 4.71. The molecule has 0 radical (unpaired) electrons. The first kappa shape index (κ1) is 14.5. The number of benzene rings is 2. The van der Waals surface area contributed by atoms with Crippen LogP contribution in [-0.2, 0) is 6.54 Å². The Morgan fingerprint density at radius 2 is 1.86 bits per heavy atom. The SMILES string of the molecule is Cc1ccc2[nH]c(=O)c(CN[C@H](C)c3ccccc3)cc2c1. The average molecular weight is 292 g/mol. The number of hydrogen-bond acceptors (Lipinski definition) is 2. The molecule has 22 heavy (non-hydrogen) atoms. The van der Waals surface area contributed by atoms with Gasteiger partial charge < -0.3 is 10.3 Å². The molecule has 0 saturated carbocycles. The van der Waals surface area contributed by atoms with Gasteiger partial charge in [-0.15, -0.1) is 0 Å². The van der Waals surface area contributed by atoms with Crippen molar-refractivity contribution in [3.63, 3.8) is 0 Å². The minimum atomic E-state index is -0.0240. The largest absolute Gasteiger partial charge is 0.322 e. The van der Waals surface area contributed by atoms with Crippen molar-refractivity contribution in [1.82, 2.24) is 10.3 Å². The number of aromatic amines is 1. The van der Waals surface area contributed by atoms with Crippen molar-refractivity contribution < 1.29 is 0 Å². The predicted molar refractivity (Wildman–Crippen MR) is 91.0 cm³/mol. The van der Waals surface area contributed by atoms with E-state index in [9.17, 15) is 4.79 Å². The monoisotopic (exact) mass is 292 g/mol. The van der Waals surface area contributed by atoms with Gasteiger partial charge in [0, 0.05) is 23.7 Å². The highest BCUT2D eigenvalue weighted by molar-refractivity contribution is 5.79. The molecule has 2 aromatic carbocycles. The van der Waals surface area contributed by atoms with Gasteiger partial charge in [-0.25, -0.2) is 0 Å². The van der Waals surface area contributed by atoms with E-state index in [1.165, 1.54) is 11.1 Å². The first-order valence-electron chi connectivity index (χ1n) is 7.54. The van der Waals surface area contributed by atoms with Crippen molar-refractivity contribution in [3.05, 3.63) is 81.6 Å². The van der Waals surface area contributed by atoms with Crippen LogP contribution < -0.4 is 10.9 Å². The zero-order chi connectivity index (χ0) is 15.5. The second kappa shape index (κ2) is 6.16. The molecule has 2 N–H and O–H groups in total. The van der Waals surface area contributed by atoms with Crippen LogP contribution in [0.3, 0.4) is 0 Å². The van der Waals surface area contributed by atoms with E-state index in [1.54, 1.807) is 0 Å². The second-order valence-corrected chi connectivity index (χ2v) is 5.73. The van der Waals surface area contributed by atoms with E-state index in [0.29, 0.717) is 6.54 Å². The van der Waals surface area contributed by atoms with E-state index >= 15 is 0 Å². The minimum absolute atomic E-state index is 0.0240. The fourth-order valence-corrected chi connectivity index (χ4v) is 2.63. The van der Waals surface area contributed by atoms with E-state index in [1.807, 2.05) is 36.4 Å². The Hall–Kier alpha value is -2.39. The Balaban J connectivity index is 1.82. The van der Waals surface area contributed by atoms with Gasteiger partial charge in [-0.3, -0.25) is 4.79 Å². The lowest BCUT2D eigenvalue weighted by molar-refractivity contribution is 0.572. The lowest BCUT2D eigenvalue weighted by Gasteiger charge is -2.14. The van der Waals surface area contributed by atoms with Gasteiger partial charge >= 0.3 is 0 Å². The van der Waals surface area contributed by atoms with Gasteiger partial charge in [-0.05, 0) is 43.0 Å². The van der Waals surface area contributed by atoms with E-state index in [0.717, 1.165) is 16.5 Å². The van der Waals surface area contributed by atoms with Gasteiger partial charge in [0.2, 0.25) is 0 Å². The molecule has 1 atom stereocenters. The van der Waals surface area contributed by atoms with Crippen LogP contribution in [0.5, 0.6) is 0 Å². The number of fused-ring (bicyclic) bond motifs is 1. The van der Waals surface area contributed by atoms with E-state index in [2.05, 4.69) is 42.3 Å². The van der Waals surface area contributed by atoms with Gasteiger partial charge in [0.15, 0.2) is 0 Å². The molecule has 112 valence electrons. The smallest absolute Gasteiger partial charge is 0.252 e. The number of pyridine rings is 1. The topological polar surface area (TPSA) is 44.9 Å². The Bertz CT molecular complexity index is 837. The van der Waals surface area contributed by atoms with Gasteiger partial charge in [0.05, 0.1) is 0 Å². The van der Waals surface area contributed by atoms with Crippen LogP contribution in [-0.4, -0.2) is 4.98 Å². The second-order valence-electron chi connectivity index (χ2n) is 5.73. The molecule has 1 aromatic heterocycles. The number of aromatic nitrogens is 1. The Kier molecular flexibility index (Phi) is 4.07. The summed E-state index contributed by atoms with van der Waals surface area (Å²) in [4.78, 5) is 15.1. The molecule has 3 aromatic rings. The summed E-state index contributed by atoms with van der Waals surface area (Å²) >= 11 is 0. The highest BCUT2D eigenvalue weighted by atomic mass is 16.1. The summed E-state index contributed by atoms with van der Waals surface area (Å²) in [7, 11) is 0. The van der Waals surface area contributed by atoms with Crippen molar-refractivity contribution in [1.29, 1.82) is 0 Å². The Labute approximate surface area is 130 Å². The highest BCUT2D eigenvalue weighted by Crippen LogP contribution is 2.15. The molecule has 0 aliphatic heterocycles. The Morgan fingerprint density at radius 3 is 2.64 bits per heavy atom. The van der Waals surface area contributed by atoms with Gasteiger partial charge in [0.25, 0.3) is 5.56 Å². The molecule has 0 spiro atoms. The summed E-state index contributed by atoms with van der Waals surface area (Å²) in [5.41, 5.74) is 4.03. The maximum Gasteiger partial charge on any atom is 0.252 e. The normalized spacial score (nSPS) is 12.5. The van der Waals surface area contributed by atoms with Gasteiger partial charge in [-0.1, -0.05) is 42.0 Å². The van der Waals surface area contributed by atoms with Gasteiger partial charge in [0.1, 0.15) is 0 Å². The lowest BCUT2D eigenvalue weighted by Crippen LogP contribution is -2.23. The zero-order valence-corrected chi connectivity index (χ0v) is 12.9. The third-order valence-corrected chi connectivity index (χ3v) is 3.97. The standard InChI is InChI=1S/C19H20N2O/c1-13-8-9-18-16(10-13)11-17(19(22)21-18)12-20-14(2)15-6-4-3-5-7-15/h3-11,14,20H,12H2,1-2H3,(H,21,22)/t14-/m1/s1. The van der Waals surface area contributed by atoms with Crippen LogP contribution in [0.2, 0.25) is 0 Å². The van der Waals surface area contributed by atoms with Crippen LogP contribution in [0.25, 0.3) is 10.9 Å². The molecule has 0 unspecified atom stereocenters. The Morgan fingerprint density at radius 1 is 1.09 bits per heavy atom. The fraction of sp³-hybridized carbons (Fsp3) is 0.211. The summed E-state index contributed by atoms with van der Waals surface area (Å²) in [6.07, 6.45) is 0. The van der Waals surface area contributed by atoms with E-state index in [-0.39, 0.29) is 11.6 Å². The van der Waals surface area contributed by atoms with Crippen molar-refractivity contribution in [3.8, 4) is 0 Å². The van der Waals surface area contributed by atoms with Crippen molar-refractivity contribution in [2.24, 2.45) is 0 Å². The summed E-state index contributed by atoms with van der Waals surface area (Å²) in [5.74, 6) is 0. The molecule has 3 heteroatoms.